The molecule has 0 bridgehead atoms. The summed E-state index contributed by atoms with van der Waals surface area (Å²) in [6.07, 6.45) is 0.902. The number of nitrogens with two attached hydrogens (primary N) is 1. The number of nitrogens with one attached hydrogen (secondary N) is 6. The van der Waals surface area contributed by atoms with Gasteiger partial charge in [0.25, 0.3) is 0 Å². The second-order valence-electron chi connectivity index (χ2n) is 13.8. The van der Waals surface area contributed by atoms with Gasteiger partial charge in [-0.1, -0.05) is 64.4 Å². The molecule has 18 nitrogen and oxygen atoms in total. The van der Waals surface area contributed by atoms with Gasteiger partial charge >= 0.3 is 23.9 Å². The van der Waals surface area contributed by atoms with Gasteiger partial charge in [0, 0.05) is 32.4 Å². The first-order valence-electron chi connectivity index (χ1n) is 17.4. The van der Waals surface area contributed by atoms with Gasteiger partial charge in [-0.2, -0.15) is 0 Å². The van der Waals surface area contributed by atoms with Gasteiger partial charge in [0.05, 0.1) is 12.0 Å². The molecule has 1 rings (SSSR count). The Balaban J connectivity index is 2.84. The second kappa shape index (κ2) is 22.6. The van der Waals surface area contributed by atoms with Gasteiger partial charge in [0.2, 0.25) is 23.6 Å². The number of hydrogen-bond donors (Lipinski definition) is 10. The fourth-order valence-electron chi connectivity index (χ4n) is 4.78. The summed E-state index contributed by atoms with van der Waals surface area (Å²) in [6.45, 7) is 7.44. The van der Waals surface area contributed by atoms with Crippen LogP contribution in [-0.2, 0) is 40.0 Å². The molecule has 0 spiro atoms. The van der Waals surface area contributed by atoms with Crippen molar-refractivity contribution in [2.75, 3.05) is 26.2 Å². The van der Waals surface area contributed by atoms with E-state index >= 15 is 0 Å². The average Bonchev–Trinajstić information content (AvgIpc) is 3.09. The SMILES string of the molecule is CC(C)(CNC(=O)CCC(NC(=O)NC(CCC(=O)O)C(=O)O)C(=O)O)C(C)(C)C(=O)NC(Cc1ccccc1)C(=O)NCC(=O)NCCCCCN. The largest absolute Gasteiger partial charge is 0.481 e. The number of unbranched alkanes of at least 4 members (excludes halogenated alkanes) is 2. The molecule has 0 aliphatic heterocycles. The molecule has 0 aromatic heterocycles. The van der Waals surface area contributed by atoms with Crippen LogP contribution in [0.2, 0.25) is 0 Å². The highest BCUT2D eigenvalue weighted by atomic mass is 16.4. The highest BCUT2D eigenvalue weighted by Gasteiger charge is 2.44. The molecule has 0 aliphatic rings. The molecule has 0 radical (unpaired) electrons. The molecule has 1 aromatic rings. The predicted octanol–water partition coefficient (Wildman–Crippen LogP) is 0.0945. The van der Waals surface area contributed by atoms with Crippen molar-refractivity contribution in [1.29, 1.82) is 0 Å². The van der Waals surface area contributed by atoms with Crippen molar-refractivity contribution in [3.05, 3.63) is 35.9 Å². The number of aliphatic carboxylic acids is 3. The quantitative estimate of drug-likeness (QED) is 0.0596. The Morgan fingerprint density at radius 1 is 0.698 bits per heavy atom. The summed E-state index contributed by atoms with van der Waals surface area (Å²) in [7, 11) is 0. The number of benzene rings is 1. The molecule has 0 saturated heterocycles. The van der Waals surface area contributed by atoms with Gasteiger partial charge in [0.1, 0.15) is 18.1 Å². The molecule has 0 saturated carbocycles. The Bertz CT molecular complexity index is 1420. The smallest absolute Gasteiger partial charge is 0.326 e. The van der Waals surface area contributed by atoms with Crippen LogP contribution in [0.5, 0.6) is 0 Å². The zero-order chi connectivity index (χ0) is 40.2. The van der Waals surface area contributed by atoms with Crippen molar-refractivity contribution in [3.8, 4) is 0 Å². The lowest BCUT2D eigenvalue weighted by Crippen LogP contribution is -2.57. The lowest BCUT2D eigenvalue weighted by molar-refractivity contribution is -0.141. The number of amides is 6. The standard InChI is InChI=1S/C35H55N7O11/c1-34(2,21-39-26(43)15-13-23(30(48)49)41-33(53)42-24(31(50)51)14-16-28(45)46)35(3,4)32(52)40-25(19-22-11-7-5-8-12-22)29(47)38-20-27(44)37-18-10-6-9-17-36/h5,7-8,11-12,23-25H,6,9-10,13-21,36H2,1-4H3,(H,37,44)(H,38,47)(H,39,43)(H,40,52)(H,45,46)(H,48,49)(H,50,51)(H2,41,42,53). The van der Waals surface area contributed by atoms with Crippen LogP contribution in [0.15, 0.2) is 30.3 Å². The Hall–Kier alpha value is -5.26. The van der Waals surface area contributed by atoms with Crippen LogP contribution in [0.4, 0.5) is 4.79 Å². The summed E-state index contributed by atoms with van der Waals surface area (Å²) in [5, 5.41) is 42.4. The normalized spacial score (nSPS) is 13.0. The first-order chi connectivity index (χ1) is 24.8. The summed E-state index contributed by atoms with van der Waals surface area (Å²) in [6, 6.07) is 3.65. The maximum atomic E-state index is 13.7. The van der Waals surface area contributed by atoms with Crippen molar-refractivity contribution in [1.82, 2.24) is 31.9 Å². The lowest BCUT2D eigenvalue weighted by Gasteiger charge is -2.41. The van der Waals surface area contributed by atoms with E-state index in [4.69, 9.17) is 10.8 Å². The Morgan fingerprint density at radius 2 is 1.28 bits per heavy atom. The van der Waals surface area contributed by atoms with Crippen LogP contribution in [-0.4, -0.2) is 107 Å². The van der Waals surface area contributed by atoms with Gasteiger partial charge < -0.3 is 53.0 Å². The first kappa shape index (κ1) is 45.8. The highest BCUT2D eigenvalue weighted by molar-refractivity contribution is 5.92. The summed E-state index contributed by atoms with van der Waals surface area (Å²) in [4.78, 5) is 98.2. The fraction of sp³-hybridized carbons (Fsp3) is 0.600. The van der Waals surface area contributed by atoms with E-state index in [1.165, 1.54) is 0 Å². The monoisotopic (exact) mass is 749 g/mol. The molecule has 18 heteroatoms. The van der Waals surface area contributed by atoms with E-state index < -0.39 is 83.5 Å². The summed E-state index contributed by atoms with van der Waals surface area (Å²) >= 11 is 0. The first-order valence-corrected chi connectivity index (χ1v) is 17.4. The summed E-state index contributed by atoms with van der Waals surface area (Å²) < 4.78 is 0. The Labute approximate surface area is 308 Å². The van der Waals surface area contributed by atoms with Gasteiger partial charge in [-0.05, 0) is 43.2 Å². The van der Waals surface area contributed by atoms with Crippen LogP contribution in [0, 0.1) is 10.8 Å². The fourth-order valence-corrected chi connectivity index (χ4v) is 4.78. The zero-order valence-electron chi connectivity index (χ0n) is 30.8. The second-order valence-corrected chi connectivity index (χ2v) is 13.8. The van der Waals surface area contributed by atoms with Crippen molar-refractivity contribution in [3.63, 3.8) is 0 Å². The van der Waals surface area contributed by atoms with Crippen molar-refractivity contribution in [2.24, 2.45) is 16.6 Å². The topological polar surface area (TPSA) is 295 Å². The minimum absolute atomic E-state index is 0.0389. The number of rotatable bonds is 25. The van der Waals surface area contributed by atoms with Crippen LogP contribution >= 0.6 is 0 Å². The third kappa shape index (κ3) is 17.2. The highest BCUT2D eigenvalue weighted by Crippen LogP contribution is 2.38. The van der Waals surface area contributed by atoms with Gasteiger partial charge in [-0.3, -0.25) is 24.0 Å². The third-order valence-electron chi connectivity index (χ3n) is 9.03. The van der Waals surface area contributed by atoms with Crippen LogP contribution < -0.4 is 37.6 Å². The summed E-state index contributed by atoms with van der Waals surface area (Å²) in [5.74, 6) is -6.30. The molecule has 296 valence electrons. The molecule has 3 unspecified atom stereocenters. The van der Waals surface area contributed by atoms with Crippen molar-refractivity contribution < 1.29 is 53.7 Å². The number of carbonyl (C=O) groups excluding carboxylic acids is 5. The molecule has 1 aromatic carbocycles. The molecule has 11 N–H and O–H groups in total. The zero-order valence-corrected chi connectivity index (χ0v) is 30.8. The molecule has 0 aliphatic carbocycles. The molecule has 0 fully saturated rings. The van der Waals surface area contributed by atoms with Crippen molar-refractivity contribution in [2.45, 2.75) is 97.2 Å². The summed E-state index contributed by atoms with van der Waals surface area (Å²) in [5.41, 5.74) is 4.15. The predicted molar refractivity (Wildman–Crippen MR) is 192 cm³/mol. The van der Waals surface area contributed by atoms with Crippen molar-refractivity contribution >= 4 is 47.6 Å². The van der Waals surface area contributed by atoms with E-state index in [-0.39, 0.29) is 38.3 Å². The molecule has 0 heterocycles. The average molecular weight is 750 g/mol. The molecule has 3 atom stereocenters. The van der Waals surface area contributed by atoms with Gasteiger partial charge in [-0.25, -0.2) is 14.4 Å². The molecule has 53 heavy (non-hydrogen) atoms. The number of urea groups is 1. The Kier molecular flexibility index (Phi) is 19.5. The minimum Gasteiger partial charge on any atom is -0.481 e. The van der Waals surface area contributed by atoms with E-state index in [1.54, 1.807) is 52.0 Å². The maximum Gasteiger partial charge on any atom is 0.326 e. The van der Waals surface area contributed by atoms with Crippen LogP contribution in [0.25, 0.3) is 0 Å². The van der Waals surface area contributed by atoms with Crippen LogP contribution in [0.3, 0.4) is 0 Å². The molecular weight excluding hydrogens is 694 g/mol. The van der Waals surface area contributed by atoms with Gasteiger partial charge in [-0.15, -0.1) is 0 Å². The molecule has 6 amide bonds. The van der Waals surface area contributed by atoms with E-state index in [2.05, 4.69) is 26.6 Å². The number of carboxylic acids is 3. The van der Waals surface area contributed by atoms with E-state index in [1.807, 2.05) is 11.4 Å². The van der Waals surface area contributed by atoms with Crippen LogP contribution in [0.1, 0.15) is 78.2 Å². The minimum atomic E-state index is -1.58. The Morgan fingerprint density at radius 3 is 1.83 bits per heavy atom. The number of carboxylic acid groups (broad SMARTS) is 3. The number of hydrogen-bond acceptors (Lipinski definition) is 9. The lowest BCUT2D eigenvalue weighted by atomic mass is 9.67. The maximum absolute atomic E-state index is 13.7. The molecular formula is C35H55N7O11. The third-order valence-corrected chi connectivity index (χ3v) is 9.03. The van der Waals surface area contributed by atoms with E-state index in [9.17, 15) is 48.6 Å². The van der Waals surface area contributed by atoms with E-state index in [0.717, 1.165) is 24.8 Å². The van der Waals surface area contributed by atoms with E-state index in [0.29, 0.717) is 13.1 Å². The number of carbonyl (C=O) groups is 8. The van der Waals surface area contributed by atoms with Gasteiger partial charge in [0.15, 0.2) is 0 Å².